The SMILES string of the molecule is CCNC(=NCC1(c2ccccc2Br)CC1)NCCN1CCOCC1.I. The van der Waals surface area contributed by atoms with Gasteiger partial charge in [0.2, 0.25) is 0 Å². The molecule has 146 valence electrons. The van der Waals surface area contributed by atoms with Gasteiger partial charge in [0, 0.05) is 42.6 Å². The van der Waals surface area contributed by atoms with Gasteiger partial charge in [-0.05, 0) is 31.4 Å². The van der Waals surface area contributed by atoms with Gasteiger partial charge in [-0.15, -0.1) is 24.0 Å². The Bertz CT molecular complexity index is 589. The Balaban J connectivity index is 0.00000243. The summed E-state index contributed by atoms with van der Waals surface area (Å²) in [6.45, 7) is 9.52. The van der Waals surface area contributed by atoms with Crippen LogP contribution in [0.2, 0.25) is 0 Å². The quantitative estimate of drug-likeness (QED) is 0.319. The topological polar surface area (TPSA) is 48.9 Å². The van der Waals surface area contributed by atoms with Gasteiger partial charge in [0.1, 0.15) is 0 Å². The third-order valence-electron chi connectivity index (χ3n) is 5.01. The third-order valence-corrected chi connectivity index (χ3v) is 5.70. The number of hydrogen-bond acceptors (Lipinski definition) is 3. The second kappa shape index (κ2) is 10.8. The number of hydrogen-bond donors (Lipinski definition) is 2. The van der Waals surface area contributed by atoms with E-state index in [9.17, 15) is 0 Å². The second-order valence-corrected chi connectivity index (χ2v) is 7.69. The van der Waals surface area contributed by atoms with Crippen molar-refractivity contribution in [3.05, 3.63) is 34.3 Å². The molecule has 0 radical (unpaired) electrons. The van der Waals surface area contributed by atoms with Crippen LogP contribution < -0.4 is 10.6 Å². The van der Waals surface area contributed by atoms with Crippen molar-refractivity contribution in [1.82, 2.24) is 15.5 Å². The third kappa shape index (κ3) is 6.07. The first-order valence-corrected chi connectivity index (χ1v) is 10.1. The molecule has 5 nitrogen and oxygen atoms in total. The van der Waals surface area contributed by atoms with Gasteiger partial charge in [-0.2, -0.15) is 0 Å². The molecule has 1 heterocycles. The van der Waals surface area contributed by atoms with Crippen LogP contribution in [0.1, 0.15) is 25.3 Å². The zero-order valence-corrected chi connectivity index (χ0v) is 19.4. The standard InChI is InChI=1S/C19H29BrN4O.HI/c1-2-21-18(22-9-10-24-11-13-25-14-12-24)23-15-19(7-8-19)16-5-3-4-6-17(16)20;/h3-6H,2,7-15H2,1H3,(H2,21,22,23);1H. The number of ether oxygens (including phenoxy) is 1. The van der Waals surface area contributed by atoms with Crippen LogP contribution in [0.5, 0.6) is 0 Å². The summed E-state index contributed by atoms with van der Waals surface area (Å²) < 4.78 is 6.60. The minimum Gasteiger partial charge on any atom is -0.379 e. The highest BCUT2D eigenvalue weighted by atomic mass is 127. The molecule has 1 aromatic rings. The van der Waals surface area contributed by atoms with Crippen molar-refractivity contribution in [2.45, 2.75) is 25.2 Å². The summed E-state index contributed by atoms with van der Waals surface area (Å²) in [5, 5.41) is 6.85. The van der Waals surface area contributed by atoms with Crippen LogP contribution in [0.15, 0.2) is 33.7 Å². The van der Waals surface area contributed by atoms with E-state index in [4.69, 9.17) is 9.73 Å². The highest BCUT2D eigenvalue weighted by molar-refractivity contribution is 14.0. The smallest absolute Gasteiger partial charge is 0.191 e. The Morgan fingerprint density at radius 1 is 1.23 bits per heavy atom. The lowest BCUT2D eigenvalue weighted by molar-refractivity contribution is 0.0389. The Kier molecular flexibility index (Phi) is 9.12. The Morgan fingerprint density at radius 2 is 1.96 bits per heavy atom. The number of morpholine rings is 1. The van der Waals surface area contributed by atoms with E-state index in [0.29, 0.717) is 0 Å². The van der Waals surface area contributed by atoms with Crippen LogP contribution in [0.3, 0.4) is 0 Å². The van der Waals surface area contributed by atoms with Crippen LogP contribution >= 0.6 is 39.9 Å². The molecule has 0 amide bonds. The number of halogens is 2. The minimum atomic E-state index is 0. The van der Waals surface area contributed by atoms with Crippen molar-refractivity contribution in [2.75, 3.05) is 52.5 Å². The van der Waals surface area contributed by atoms with Gasteiger partial charge >= 0.3 is 0 Å². The van der Waals surface area contributed by atoms with E-state index in [0.717, 1.165) is 58.4 Å². The maximum absolute atomic E-state index is 5.40. The molecule has 26 heavy (non-hydrogen) atoms. The zero-order chi connectivity index (χ0) is 17.5. The molecular weight excluding hydrogens is 507 g/mol. The normalized spacial score (nSPS) is 19.5. The summed E-state index contributed by atoms with van der Waals surface area (Å²) in [4.78, 5) is 7.31. The van der Waals surface area contributed by atoms with E-state index >= 15 is 0 Å². The monoisotopic (exact) mass is 536 g/mol. The van der Waals surface area contributed by atoms with Gasteiger partial charge in [-0.25, -0.2) is 0 Å². The number of rotatable bonds is 7. The molecule has 2 aliphatic rings. The van der Waals surface area contributed by atoms with E-state index in [1.807, 2.05) is 0 Å². The molecule has 2 N–H and O–H groups in total. The van der Waals surface area contributed by atoms with E-state index in [2.05, 4.69) is 62.7 Å². The fourth-order valence-corrected chi connectivity index (χ4v) is 3.99. The fraction of sp³-hybridized carbons (Fsp3) is 0.632. The lowest BCUT2D eigenvalue weighted by atomic mass is 9.96. The second-order valence-electron chi connectivity index (χ2n) is 6.84. The molecule has 0 atom stereocenters. The average Bonchev–Trinajstić information content (AvgIpc) is 3.42. The number of nitrogens with zero attached hydrogens (tertiary/aromatic N) is 2. The van der Waals surface area contributed by atoms with Crippen molar-refractivity contribution in [2.24, 2.45) is 4.99 Å². The van der Waals surface area contributed by atoms with Crippen molar-refractivity contribution >= 4 is 45.9 Å². The van der Waals surface area contributed by atoms with Crippen molar-refractivity contribution in [3.63, 3.8) is 0 Å². The predicted molar refractivity (Wildman–Crippen MR) is 122 cm³/mol. The molecule has 0 unspecified atom stereocenters. The van der Waals surface area contributed by atoms with Crippen LogP contribution in [-0.4, -0.2) is 63.3 Å². The van der Waals surface area contributed by atoms with Gasteiger partial charge in [0.25, 0.3) is 0 Å². The first kappa shape index (κ1) is 21.9. The maximum atomic E-state index is 5.40. The van der Waals surface area contributed by atoms with Crippen LogP contribution in [0.25, 0.3) is 0 Å². The van der Waals surface area contributed by atoms with E-state index in [-0.39, 0.29) is 29.4 Å². The lowest BCUT2D eigenvalue weighted by Crippen LogP contribution is -2.44. The largest absolute Gasteiger partial charge is 0.379 e. The summed E-state index contributed by atoms with van der Waals surface area (Å²) >= 11 is 3.70. The van der Waals surface area contributed by atoms with Crippen LogP contribution in [0, 0.1) is 0 Å². The average molecular weight is 537 g/mol. The number of benzene rings is 1. The molecule has 2 fully saturated rings. The molecule has 0 spiro atoms. The molecule has 7 heteroatoms. The Labute approximate surface area is 182 Å². The van der Waals surface area contributed by atoms with E-state index in [1.165, 1.54) is 22.9 Å². The first-order chi connectivity index (χ1) is 12.2. The van der Waals surface area contributed by atoms with E-state index < -0.39 is 0 Å². The molecule has 3 rings (SSSR count). The number of guanidine groups is 1. The summed E-state index contributed by atoms with van der Waals surface area (Å²) in [6.07, 6.45) is 2.43. The molecular formula is C19H30BrIN4O. The Morgan fingerprint density at radius 3 is 2.62 bits per heavy atom. The highest BCUT2D eigenvalue weighted by Gasteiger charge is 2.45. The highest BCUT2D eigenvalue weighted by Crippen LogP contribution is 2.50. The van der Waals surface area contributed by atoms with Crippen molar-refractivity contribution in [1.29, 1.82) is 0 Å². The molecule has 0 bridgehead atoms. The molecule has 1 aromatic carbocycles. The summed E-state index contributed by atoms with van der Waals surface area (Å²) in [6, 6.07) is 8.55. The molecule has 1 aliphatic carbocycles. The van der Waals surface area contributed by atoms with Gasteiger partial charge in [0.05, 0.1) is 19.8 Å². The Hall–Kier alpha value is -0.380. The lowest BCUT2D eigenvalue weighted by Gasteiger charge is -2.26. The van der Waals surface area contributed by atoms with Gasteiger partial charge in [-0.1, -0.05) is 34.1 Å². The molecule has 1 saturated carbocycles. The number of aliphatic imine (C=N–C) groups is 1. The molecule has 0 aromatic heterocycles. The van der Waals surface area contributed by atoms with Crippen LogP contribution in [0.4, 0.5) is 0 Å². The van der Waals surface area contributed by atoms with Crippen LogP contribution in [-0.2, 0) is 10.2 Å². The maximum Gasteiger partial charge on any atom is 0.191 e. The molecule has 1 saturated heterocycles. The van der Waals surface area contributed by atoms with Crippen molar-refractivity contribution < 1.29 is 4.74 Å². The fourth-order valence-electron chi connectivity index (χ4n) is 3.28. The predicted octanol–water partition coefficient (Wildman–Crippen LogP) is 2.99. The zero-order valence-electron chi connectivity index (χ0n) is 15.5. The van der Waals surface area contributed by atoms with Gasteiger partial charge in [0.15, 0.2) is 5.96 Å². The summed E-state index contributed by atoms with van der Waals surface area (Å²) in [5.41, 5.74) is 1.61. The molecule has 1 aliphatic heterocycles. The number of nitrogens with one attached hydrogen (secondary N) is 2. The van der Waals surface area contributed by atoms with Gasteiger partial charge in [-0.3, -0.25) is 9.89 Å². The summed E-state index contributed by atoms with van der Waals surface area (Å²) in [7, 11) is 0. The summed E-state index contributed by atoms with van der Waals surface area (Å²) in [5.74, 6) is 0.925. The van der Waals surface area contributed by atoms with Gasteiger partial charge < -0.3 is 15.4 Å². The minimum absolute atomic E-state index is 0. The first-order valence-electron chi connectivity index (χ1n) is 9.31. The van der Waals surface area contributed by atoms with E-state index in [1.54, 1.807) is 0 Å². The van der Waals surface area contributed by atoms with Crippen molar-refractivity contribution in [3.8, 4) is 0 Å².